The van der Waals surface area contributed by atoms with Crippen molar-refractivity contribution >= 4 is 17.9 Å². The highest BCUT2D eigenvalue weighted by Crippen LogP contribution is 2.28. The van der Waals surface area contributed by atoms with Crippen molar-refractivity contribution in [2.75, 3.05) is 39.3 Å². The topological polar surface area (TPSA) is 69.6 Å². The quantitative estimate of drug-likeness (QED) is 0.640. The summed E-state index contributed by atoms with van der Waals surface area (Å²) in [6.45, 7) is 6.39. The average molecular weight is 434 g/mol. The number of nitrogens with zero attached hydrogens (tertiary/aromatic N) is 5. The first kappa shape index (κ1) is 22.1. The van der Waals surface area contributed by atoms with Crippen LogP contribution in [0.4, 0.5) is 0 Å². The molecule has 0 unspecified atom stereocenters. The van der Waals surface area contributed by atoms with E-state index in [9.17, 15) is 9.59 Å². The number of piperazine rings is 1. The Morgan fingerprint density at radius 1 is 1.06 bits per heavy atom. The standard InChI is InChI=1S/C25H31N5O2/c1-20-18-27-23(19-26-20)25(32)30(22-9-10-22)13-11-24(31)29-16-14-28(15-17-29)12-5-8-21-6-3-2-4-7-21/h2-8,18-19,22H,9-17H2,1H3/b8-5+. The third-order valence-electron chi connectivity index (χ3n) is 6.01. The first-order valence-electron chi connectivity index (χ1n) is 11.4. The molecule has 1 aliphatic heterocycles. The molecule has 32 heavy (non-hydrogen) atoms. The van der Waals surface area contributed by atoms with Gasteiger partial charge in [0.05, 0.1) is 11.9 Å². The van der Waals surface area contributed by atoms with Crippen molar-refractivity contribution in [1.29, 1.82) is 0 Å². The Morgan fingerprint density at radius 2 is 1.81 bits per heavy atom. The van der Waals surface area contributed by atoms with Gasteiger partial charge in [-0.3, -0.25) is 19.5 Å². The number of carbonyl (C=O) groups is 2. The molecule has 4 rings (SSSR count). The molecule has 1 saturated heterocycles. The fourth-order valence-corrected chi connectivity index (χ4v) is 3.94. The van der Waals surface area contributed by atoms with Crippen molar-refractivity contribution in [2.24, 2.45) is 0 Å². The van der Waals surface area contributed by atoms with E-state index in [1.54, 1.807) is 6.20 Å². The number of rotatable bonds is 8. The van der Waals surface area contributed by atoms with E-state index in [0.29, 0.717) is 18.7 Å². The van der Waals surface area contributed by atoms with Gasteiger partial charge in [-0.05, 0) is 25.3 Å². The summed E-state index contributed by atoms with van der Waals surface area (Å²) in [6.07, 6.45) is 9.80. The predicted molar refractivity (Wildman–Crippen MR) is 124 cm³/mol. The number of hydrogen-bond acceptors (Lipinski definition) is 5. The SMILES string of the molecule is Cc1cnc(C(=O)N(CCC(=O)N2CCN(C/C=C/c3ccccc3)CC2)C2CC2)cn1. The number of aromatic nitrogens is 2. The molecule has 0 bridgehead atoms. The molecule has 2 aliphatic rings. The first-order chi connectivity index (χ1) is 15.6. The second kappa shape index (κ2) is 10.5. The summed E-state index contributed by atoms with van der Waals surface area (Å²) in [4.78, 5) is 40.1. The summed E-state index contributed by atoms with van der Waals surface area (Å²) in [7, 11) is 0. The lowest BCUT2D eigenvalue weighted by atomic mass is 10.2. The summed E-state index contributed by atoms with van der Waals surface area (Å²) in [5, 5.41) is 0. The molecule has 1 aromatic heterocycles. The summed E-state index contributed by atoms with van der Waals surface area (Å²) in [5.41, 5.74) is 2.34. The molecule has 1 saturated carbocycles. The van der Waals surface area contributed by atoms with E-state index in [1.807, 2.05) is 34.9 Å². The Labute approximate surface area is 189 Å². The Hall–Kier alpha value is -3.06. The molecule has 0 N–H and O–H groups in total. The third-order valence-corrected chi connectivity index (χ3v) is 6.01. The number of benzene rings is 1. The number of amides is 2. The molecule has 2 aromatic rings. The number of hydrogen-bond donors (Lipinski definition) is 0. The van der Waals surface area contributed by atoms with E-state index < -0.39 is 0 Å². The molecule has 2 fully saturated rings. The molecule has 0 atom stereocenters. The van der Waals surface area contributed by atoms with E-state index in [4.69, 9.17) is 0 Å². The van der Waals surface area contributed by atoms with Crippen LogP contribution in [0.3, 0.4) is 0 Å². The molecule has 2 heterocycles. The zero-order chi connectivity index (χ0) is 22.3. The van der Waals surface area contributed by atoms with Gasteiger partial charge >= 0.3 is 0 Å². The van der Waals surface area contributed by atoms with E-state index in [1.165, 1.54) is 11.8 Å². The maximum atomic E-state index is 12.9. The molecule has 1 aliphatic carbocycles. The van der Waals surface area contributed by atoms with Gasteiger partial charge in [-0.2, -0.15) is 0 Å². The Kier molecular flexibility index (Phi) is 7.27. The van der Waals surface area contributed by atoms with Crippen molar-refractivity contribution in [1.82, 2.24) is 24.7 Å². The normalized spacial score (nSPS) is 17.0. The number of carbonyl (C=O) groups excluding carboxylic acids is 2. The van der Waals surface area contributed by atoms with Gasteiger partial charge in [-0.1, -0.05) is 42.5 Å². The summed E-state index contributed by atoms with van der Waals surface area (Å²) in [5.74, 6) is 0.000686. The molecule has 1 aromatic carbocycles. The zero-order valence-electron chi connectivity index (χ0n) is 18.7. The molecule has 168 valence electrons. The van der Waals surface area contributed by atoms with Crippen molar-refractivity contribution in [3.63, 3.8) is 0 Å². The molecular weight excluding hydrogens is 402 g/mol. The van der Waals surface area contributed by atoms with Gasteiger partial charge in [-0.25, -0.2) is 4.98 Å². The predicted octanol–water partition coefficient (Wildman–Crippen LogP) is 2.64. The Balaban J connectivity index is 1.22. The Bertz CT molecular complexity index is 933. The van der Waals surface area contributed by atoms with Crippen molar-refractivity contribution in [3.05, 3.63) is 65.8 Å². The minimum Gasteiger partial charge on any atom is -0.340 e. The van der Waals surface area contributed by atoms with Gasteiger partial charge in [0.1, 0.15) is 5.69 Å². The van der Waals surface area contributed by atoms with E-state index in [0.717, 1.165) is 51.3 Å². The average Bonchev–Trinajstić information content (AvgIpc) is 3.66. The van der Waals surface area contributed by atoms with Gasteiger partial charge in [-0.15, -0.1) is 0 Å². The second-order valence-corrected chi connectivity index (χ2v) is 8.52. The van der Waals surface area contributed by atoms with E-state index >= 15 is 0 Å². The van der Waals surface area contributed by atoms with Crippen LogP contribution in [0.5, 0.6) is 0 Å². The van der Waals surface area contributed by atoms with Crippen LogP contribution in [-0.4, -0.2) is 81.8 Å². The van der Waals surface area contributed by atoms with Crippen LogP contribution in [0.25, 0.3) is 6.08 Å². The molecular formula is C25H31N5O2. The largest absolute Gasteiger partial charge is 0.340 e. The maximum Gasteiger partial charge on any atom is 0.274 e. The monoisotopic (exact) mass is 433 g/mol. The van der Waals surface area contributed by atoms with Crippen molar-refractivity contribution in [3.8, 4) is 0 Å². The van der Waals surface area contributed by atoms with Crippen LogP contribution in [0.15, 0.2) is 48.8 Å². The maximum absolute atomic E-state index is 12.9. The molecule has 7 heteroatoms. The van der Waals surface area contributed by atoms with Crippen LogP contribution in [0.1, 0.15) is 41.0 Å². The highest BCUT2D eigenvalue weighted by atomic mass is 16.2. The summed E-state index contributed by atoms with van der Waals surface area (Å²) < 4.78 is 0. The van der Waals surface area contributed by atoms with Crippen molar-refractivity contribution in [2.45, 2.75) is 32.2 Å². The highest BCUT2D eigenvalue weighted by Gasteiger charge is 2.34. The summed E-state index contributed by atoms with van der Waals surface area (Å²) >= 11 is 0. The lowest BCUT2D eigenvalue weighted by Crippen LogP contribution is -2.49. The lowest BCUT2D eigenvalue weighted by Gasteiger charge is -2.34. The highest BCUT2D eigenvalue weighted by molar-refractivity contribution is 5.92. The van der Waals surface area contributed by atoms with Gasteiger partial charge in [0.15, 0.2) is 0 Å². The van der Waals surface area contributed by atoms with E-state index in [-0.39, 0.29) is 17.9 Å². The van der Waals surface area contributed by atoms with Crippen LogP contribution in [0, 0.1) is 6.92 Å². The first-order valence-corrected chi connectivity index (χ1v) is 11.4. The van der Waals surface area contributed by atoms with E-state index in [2.05, 4.69) is 39.2 Å². The van der Waals surface area contributed by atoms with Gasteiger partial charge in [0.25, 0.3) is 5.91 Å². The van der Waals surface area contributed by atoms with Crippen LogP contribution >= 0.6 is 0 Å². The van der Waals surface area contributed by atoms with Gasteiger partial charge in [0, 0.05) is 57.9 Å². The van der Waals surface area contributed by atoms with Crippen molar-refractivity contribution < 1.29 is 9.59 Å². The second-order valence-electron chi connectivity index (χ2n) is 8.52. The minimum atomic E-state index is -0.122. The smallest absolute Gasteiger partial charge is 0.274 e. The van der Waals surface area contributed by atoms with Gasteiger partial charge < -0.3 is 9.80 Å². The van der Waals surface area contributed by atoms with Crippen LogP contribution in [0.2, 0.25) is 0 Å². The number of aryl methyl sites for hydroxylation is 1. The molecule has 0 radical (unpaired) electrons. The van der Waals surface area contributed by atoms with Gasteiger partial charge in [0.2, 0.25) is 5.91 Å². The summed E-state index contributed by atoms with van der Waals surface area (Å²) in [6, 6.07) is 10.5. The fraction of sp³-hybridized carbons (Fsp3) is 0.440. The molecule has 7 nitrogen and oxygen atoms in total. The lowest BCUT2D eigenvalue weighted by molar-refractivity contribution is -0.133. The molecule has 0 spiro atoms. The zero-order valence-corrected chi connectivity index (χ0v) is 18.7. The fourth-order valence-electron chi connectivity index (χ4n) is 3.94. The Morgan fingerprint density at radius 3 is 2.47 bits per heavy atom. The van der Waals surface area contributed by atoms with Crippen LogP contribution in [-0.2, 0) is 4.79 Å². The molecule has 2 amide bonds. The minimum absolute atomic E-state index is 0.122. The third kappa shape index (κ3) is 6.01. The van der Waals surface area contributed by atoms with Crippen LogP contribution < -0.4 is 0 Å².